The Hall–Kier alpha value is -1.40. The van der Waals surface area contributed by atoms with E-state index >= 15 is 0 Å². The summed E-state index contributed by atoms with van der Waals surface area (Å²) in [5.41, 5.74) is 2.58. The van der Waals surface area contributed by atoms with E-state index < -0.39 is 0 Å². The number of aryl methyl sites for hydroxylation is 1. The van der Waals surface area contributed by atoms with Gasteiger partial charge in [0.2, 0.25) is 0 Å². The molecule has 0 saturated heterocycles. The van der Waals surface area contributed by atoms with Gasteiger partial charge < -0.3 is 14.7 Å². The van der Waals surface area contributed by atoms with Gasteiger partial charge in [-0.05, 0) is 68.8 Å². The van der Waals surface area contributed by atoms with Crippen molar-refractivity contribution < 1.29 is 9.84 Å². The second-order valence-electron chi connectivity index (χ2n) is 6.91. The smallest absolute Gasteiger partial charge is 0.120 e. The quantitative estimate of drug-likeness (QED) is 0.369. The molecule has 0 spiro atoms. The van der Waals surface area contributed by atoms with Crippen LogP contribution in [-0.2, 0) is 0 Å². The molecule has 0 aliphatic carbocycles. The molecule has 0 aliphatic heterocycles. The fourth-order valence-corrected chi connectivity index (χ4v) is 4.84. The van der Waals surface area contributed by atoms with Crippen LogP contribution in [0.5, 0.6) is 5.75 Å². The van der Waals surface area contributed by atoms with Crippen molar-refractivity contribution in [1.82, 2.24) is 4.90 Å². The highest BCUT2D eigenvalue weighted by Gasteiger charge is 2.12. The minimum Gasteiger partial charge on any atom is -0.494 e. The number of nitrogens with zero attached hydrogens (tertiary/aromatic N) is 1. The Morgan fingerprint density at radius 1 is 1.07 bits per heavy atom. The molecule has 0 unspecified atom stereocenters. The van der Waals surface area contributed by atoms with E-state index in [-0.39, 0.29) is 6.61 Å². The van der Waals surface area contributed by atoms with Crippen LogP contribution in [0, 0.1) is 6.92 Å². The van der Waals surface area contributed by atoms with Crippen molar-refractivity contribution in [2.45, 2.75) is 26.7 Å². The number of hydrogen-bond donors (Lipinski definition) is 1. The lowest BCUT2D eigenvalue weighted by Gasteiger charge is -2.18. The molecular formula is C23H28BrNO2S. The molecule has 2 aromatic carbocycles. The number of fused-ring (bicyclic) bond motifs is 1. The Labute approximate surface area is 180 Å². The highest BCUT2D eigenvalue weighted by atomic mass is 79.9. The number of likely N-dealkylation sites (N-methyl/N-ethyl adjacent to an activating group) is 1. The van der Waals surface area contributed by atoms with Gasteiger partial charge >= 0.3 is 0 Å². The van der Waals surface area contributed by atoms with E-state index in [2.05, 4.69) is 77.1 Å². The summed E-state index contributed by atoms with van der Waals surface area (Å²) < 4.78 is 8.36. The largest absolute Gasteiger partial charge is 0.494 e. The Bertz CT molecular complexity index is 892. The zero-order valence-corrected chi connectivity index (χ0v) is 19.0. The van der Waals surface area contributed by atoms with Crippen LogP contribution in [0.15, 0.2) is 46.9 Å². The van der Waals surface area contributed by atoms with Gasteiger partial charge in [0.15, 0.2) is 0 Å². The molecule has 5 heteroatoms. The van der Waals surface area contributed by atoms with E-state index in [1.54, 1.807) is 0 Å². The zero-order chi connectivity index (χ0) is 19.9. The third kappa shape index (κ3) is 5.35. The average Bonchev–Trinajstić information content (AvgIpc) is 3.02. The Morgan fingerprint density at radius 2 is 1.86 bits per heavy atom. The summed E-state index contributed by atoms with van der Waals surface area (Å²) in [4.78, 5) is 3.60. The molecule has 28 heavy (non-hydrogen) atoms. The molecule has 0 amide bonds. The summed E-state index contributed by atoms with van der Waals surface area (Å²) in [5.74, 6) is 0.943. The number of thiophene rings is 1. The lowest BCUT2D eigenvalue weighted by Crippen LogP contribution is -2.27. The van der Waals surface area contributed by atoms with Crippen LogP contribution >= 0.6 is 27.3 Å². The van der Waals surface area contributed by atoms with Crippen LogP contribution in [0.4, 0.5) is 0 Å². The first-order valence-electron chi connectivity index (χ1n) is 9.87. The molecule has 0 fully saturated rings. The average molecular weight is 462 g/mol. The molecular weight excluding hydrogens is 434 g/mol. The molecule has 1 N–H and O–H groups in total. The zero-order valence-electron chi connectivity index (χ0n) is 16.6. The second-order valence-corrected chi connectivity index (χ2v) is 9.08. The highest BCUT2D eigenvalue weighted by molar-refractivity contribution is 9.10. The van der Waals surface area contributed by atoms with Crippen molar-refractivity contribution in [3.8, 4) is 16.9 Å². The SMILES string of the molecule is CCN(CCO)CCCCOc1ccc2c(-c3ccc(Br)cc3)c(C)sc2c1. The topological polar surface area (TPSA) is 32.7 Å². The van der Waals surface area contributed by atoms with E-state index in [1.807, 2.05) is 11.3 Å². The van der Waals surface area contributed by atoms with Crippen molar-refractivity contribution >= 4 is 37.4 Å². The van der Waals surface area contributed by atoms with Crippen molar-refractivity contribution in [2.75, 3.05) is 32.8 Å². The molecule has 0 atom stereocenters. The summed E-state index contributed by atoms with van der Waals surface area (Å²) in [7, 11) is 0. The van der Waals surface area contributed by atoms with Gasteiger partial charge in [-0.3, -0.25) is 0 Å². The van der Waals surface area contributed by atoms with E-state index in [0.717, 1.165) is 49.3 Å². The standard InChI is InChI=1S/C23H28BrNO2S/c1-3-25(13-14-26)12-4-5-15-27-20-10-11-21-22(16-20)28-17(2)23(21)18-6-8-19(24)9-7-18/h6-11,16,26H,3-5,12-15H2,1-2H3. The minimum atomic E-state index is 0.229. The number of rotatable bonds is 10. The first-order valence-corrected chi connectivity index (χ1v) is 11.5. The normalized spacial score (nSPS) is 11.5. The summed E-state index contributed by atoms with van der Waals surface area (Å²) in [6, 6.07) is 15.0. The Morgan fingerprint density at radius 3 is 2.57 bits per heavy atom. The minimum absolute atomic E-state index is 0.229. The number of halogens is 1. The summed E-state index contributed by atoms with van der Waals surface area (Å²) in [6.07, 6.45) is 2.11. The van der Waals surface area contributed by atoms with E-state index in [9.17, 15) is 0 Å². The maximum atomic E-state index is 9.04. The summed E-state index contributed by atoms with van der Waals surface area (Å²) >= 11 is 5.34. The van der Waals surface area contributed by atoms with Gasteiger partial charge in [-0.25, -0.2) is 0 Å². The number of aliphatic hydroxyl groups is 1. The summed E-state index contributed by atoms with van der Waals surface area (Å²) in [6.45, 7) is 8.03. The van der Waals surface area contributed by atoms with Crippen LogP contribution in [0.25, 0.3) is 21.2 Å². The van der Waals surface area contributed by atoms with E-state index in [4.69, 9.17) is 9.84 Å². The van der Waals surface area contributed by atoms with Crippen LogP contribution in [0.1, 0.15) is 24.6 Å². The van der Waals surface area contributed by atoms with Gasteiger partial charge in [-0.1, -0.05) is 35.0 Å². The maximum Gasteiger partial charge on any atom is 0.120 e. The Balaban J connectivity index is 1.61. The third-order valence-electron chi connectivity index (χ3n) is 4.97. The first kappa shape index (κ1) is 21.3. The molecule has 3 aromatic rings. The monoisotopic (exact) mass is 461 g/mol. The van der Waals surface area contributed by atoms with E-state index in [0.29, 0.717) is 0 Å². The number of ether oxygens (including phenoxy) is 1. The Kier molecular flexibility index (Phi) is 7.91. The van der Waals surface area contributed by atoms with E-state index in [1.165, 1.54) is 26.1 Å². The van der Waals surface area contributed by atoms with Crippen molar-refractivity contribution in [3.63, 3.8) is 0 Å². The molecule has 0 bridgehead atoms. The van der Waals surface area contributed by atoms with Gasteiger partial charge in [0.1, 0.15) is 5.75 Å². The molecule has 1 heterocycles. The molecule has 0 aliphatic rings. The van der Waals surface area contributed by atoms with Gasteiger partial charge in [-0.15, -0.1) is 11.3 Å². The van der Waals surface area contributed by atoms with Crippen LogP contribution in [-0.4, -0.2) is 42.9 Å². The highest BCUT2D eigenvalue weighted by Crippen LogP contribution is 2.40. The first-order chi connectivity index (χ1) is 13.6. The van der Waals surface area contributed by atoms with Crippen LogP contribution in [0.3, 0.4) is 0 Å². The molecule has 0 radical (unpaired) electrons. The fraction of sp³-hybridized carbons (Fsp3) is 0.391. The van der Waals surface area contributed by atoms with Gasteiger partial charge in [0.25, 0.3) is 0 Å². The lowest BCUT2D eigenvalue weighted by atomic mass is 10.0. The molecule has 150 valence electrons. The number of benzene rings is 2. The number of aliphatic hydroxyl groups excluding tert-OH is 1. The molecule has 1 aromatic heterocycles. The number of unbranched alkanes of at least 4 members (excludes halogenated alkanes) is 1. The fourth-order valence-electron chi connectivity index (χ4n) is 3.46. The van der Waals surface area contributed by atoms with Crippen LogP contribution in [0.2, 0.25) is 0 Å². The van der Waals surface area contributed by atoms with Gasteiger partial charge in [-0.2, -0.15) is 0 Å². The van der Waals surface area contributed by atoms with Crippen molar-refractivity contribution in [2.24, 2.45) is 0 Å². The summed E-state index contributed by atoms with van der Waals surface area (Å²) in [5, 5.41) is 10.3. The van der Waals surface area contributed by atoms with Gasteiger partial charge in [0, 0.05) is 31.5 Å². The molecule has 0 saturated carbocycles. The predicted molar refractivity (Wildman–Crippen MR) is 124 cm³/mol. The third-order valence-corrected chi connectivity index (χ3v) is 6.57. The van der Waals surface area contributed by atoms with Crippen molar-refractivity contribution in [1.29, 1.82) is 0 Å². The number of hydrogen-bond acceptors (Lipinski definition) is 4. The van der Waals surface area contributed by atoms with Crippen molar-refractivity contribution in [3.05, 3.63) is 51.8 Å². The second kappa shape index (κ2) is 10.4. The lowest BCUT2D eigenvalue weighted by molar-refractivity contribution is 0.195. The van der Waals surface area contributed by atoms with Gasteiger partial charge in [0.05, 0.1) is 13.2 Å². The van der Waals surface area contributed by atoms with Crippen LogP contribution < -0.4 is 4.74 Å². The molecule has 3 rings (SSSR count). The predicted octanol–water partition coefficient (Wildman–Crippen LogP) is 6.11. The molecule has 3 nitrogen and oxygen atoms in total. The maximum absolute atomic E-state index is 9.04.